The third-order valence-corrected chi connectivity index (χ3v) is 2.31. The van der Waals surface area contributed by atoms with Crippen LogP contribution in [0.5, 0.6) is 11.5 Å². The lowest BCUT2D eigenvalue weighted by atomic mass is 10.3. The third-order valence-electron chi connectivity index (χ3n) is 2.31. The van der Waals surface area contributed by atoms with E-state index in [1.54, 1.807) is 54.7 Å². The highest BCUT2D eigenvalue weighted by Gasteiger charge is 2.04. The zero-order chi connectivity index (χ0) is 16.2. The first-order valence-electron chi connectivity index (χ1n) is 6.78. The number of benzene rings is 1. The van der Waals surface area contributed by atoms with E-state index in [0.717, 1.165) is 0 Å². The Kier molecular flexibility index (Phi) is 7.76. The summed E-state index contributed by atoms with van der Waals surface area (Å²) >= 11 is 0. The van der Waals surface area contributed by atoms with Crippen molar-refractivity contribution in [1.29, 1.82) is 0 Å². The van der Waals surface area contributed by atoms with Crippen LogP contribution in [0.25, 0.3) is 0 Å². The van der Waals surface area contributed by atoms with E-state index in [9.17, 15) is 9.59 Å². The van der Waals surface area contributed by atoms with Crippen LogP contribution in [-0.2, 0) is 9.59 Å². The average Bonchev–Trinajstić information content (AvgIpc) is 2.48. The second kappa shape index (κ2) is 9.94. The van der Waals surface area contributed by atoms with Crippen LogP contribution in [-0.4, -0.2) is 11.9 Å². The summed E-state index contributed by atoms with van der Waals surface area (Å²) in [5.74, 6) is -0.403. The second-order valence-electron chi connectivity index (χ2n) is 4.09. The number of esters is 2. The minimum Gasteiger partial charge on any atom is -0.423 e. The molecule has 0 radical (unpaired) electrons. The molecular formula is C18H18O4. The molecule has 0 amide bonds. The number of allylic oxidation sites excluding steroid dienone is 6. The van der Waals surface area contributed by atoms with Gasteiger partial charge in [-0.3, -0.25) is 0 Å². The number of carbonyl (C=O) groups is 2. The Morgan fingerprint density at radius 3 is 1.68 bits per heavy atom. The first-order chi connectivity index (χ1) is 10.7. The zero-order valence-electron chi connectivity index (χ0n) is 12.6. The summed E-state index contributed by atoms with van der Waals surface area (Å²) in [6, 6.07) is 6.32. The van der Waals surface area contributed by atoms with Gasteiger partial charge in [0.1, 0.15) is 11.5 Å². The number of carbonyl (C=O) groups excluding carboxylic acids is 2. The third kappa shape index (κ3) is 7.05. The van der Waals surface area contributed by atoms with Crippen LogP contribution in [0.3, 0.4) is 0 Å². The van der Waals surface area contributed by atoms with Crippen molar-refractivity contribution in [2.24, 2.45) is 0 Å². The quantitative estimate of drug-likeness (QED) is 0.347. The standard InChI is InChI=1S/C18H18O4/c1-3-5-7-12-17(19)21-15-10-9-11-16(14-15)22-18(20)13-8-6-4-2/h3-14H,1-2H3. The van der Waals surface area contributed by atoms with Gasteiger partial charge in [-0.1, -0.05) is 42.5 Å². The van der Waals surface area contributed by atoms with Crippen LogP contribution in [0.15, 0.2) is 72.9 Å². The van der Waals surface area contributed by atoms with Gasteiger partial charge >= 0.3 is 11.9 Å². The molecule has 0 aliphatic heterocycles. The van der Waals surface area contributed by atoms with Crippen molar-refractivity contribution in [2.45, 2.75) is 13.8 Å². The molecule has 0 aromatic heterocycles. The van der Waals surface area contributed by atoms with E-state index in [1.807, 2.05) is 13.8 Å². The molecule has 0 heterocycles. The number of rotatable bonds is 6. The topological polar surface area (TPSA) is 52.6 Å². The van der Waals surface area contributed by atoms with Crippen LogP contribution < -0.4 is 9.47 Å². The van der Waals surface area contributed by atoms with Crippen LogP contribution >= 0.6 is 0 Å². The van der Waals surface area contributed by atoms with E-state index in [4.69, 9.17) is 9.47 Å². The molecule has 22 heavy (non-hydrogen) atoms. The molecule has 0 fully saturated rings. The van der Waals surface area contributed by atoms with Gasteiger partial charge in [-0.05, 0) is 26.0 Å². The first kappa shape index (κ1) is 17.2. The second-order valence-corrected chi connectivity index (χ2v) is 4.09. The molecule has 114 valence electrons. The lowest BCUT2D eigenvalue weighted by Gasteiger charge is -2.04. The highest BCUT2D eigenvalue weighted by atomic mass is 16.5. The Morgan fingerprint density at radius 1 is 0.818 bits per heavy atom. The Balaban J connectivity index is 2.66. The maximum Gasteiger partial charge on any atom is 0.336 e. The van der Waals surface area contributed by atoms with E-state index in [-0.39, 0.29) is 0 Å². The van der Waals surface area contributed by atoms with Crippen LogP contribution in [0.1, 0.15) is 13.8 Å². The van der Waals surface area contributed by atoms with E-state index >= 15 is 0 Å². The SMILES string of the molecule is CC=CC=CC(=O)Oc1cccc(OC(=O)C=CC=CC)c1. The molecule has 0 aliphatic carbocycles. The first-order valence-corrected chi connectivity index (χ1v) is 6.78. The highest BCUT2D eigenvalue weighted by molar-refractivity contribution is 5.85. The summed E-state index contributed by atoms with van der Waals surface area (Å²) in [5, 5.41) is 0. The molecule has 0 saturated carbocycles. The van der Waals surface area contributed by atoms with Gasteiger partial charge in [0.25, 0.3) is 0 Å². The van der Waals surface area contributed by atoms with Crippen LogP contribution in [0.4, 0.5) is 0 Å². The summed E-state index contributed by atoms with van der Waals surface area (Å²) in [7, 11) is 0. The smallest absolute Gasteiger partial charge is 0.336 e. The fourth-order valence-electron chi connectivity index (χ4n) is 1.39. The van der Waals surface area contributed by atoms with Crippen molar-refractivity contribution in [3.05, 3.63) is 72.9 Å². The fraction of sp³-hybridized carbons (Fsp3) is 0.111. The Hall–Kier alpha value is -2.88. The number of hydrogen-bond donors (Lipinski definition) is 0. The lowest BCUT2D eigenvalue weighted by molar-refractivity contribution is -0.129. The molecule has 1 rings (SSSR count). The summed E-state index contributed by atoms with van der Waals surface area (Å²) in [4.78, 5) is 23.1. The van der Waals surface area contributed by atoms with E-state index in [2.05, 4.69) is 0 Å². The molecule has 0 spiro atoms. The predicted octanol–water partition coefficient (Wildman–Crippen LogP) is 3.76. The normalized spacial score (nSPS) is 11.7. The molecule has 0 N–H and O–H groups in total. The Labute approximate surface area is 130 Å². The molecule has 1 aromatic rings. The van der Waals surface area contributed by atoms with Gasteiger partial charge in [0.05, 0.1) is 0 Å². The van der Waals surface area contributed by atoms with Gasteiger partial charge < -0.3 is 9.47 Å². The minimum atomic E-state index is -0.505. The molecule has 1 aromatic carbocycles. The highest BCUT2D eigenvalue weighted by Crippen LogP contribution is 2.19. The van der Waals surface area contributed by atoms with Crippen LogP contribution in [0, 0.1) is 0 Å². The summed E-state index contributed by atoms with van der Waals surface area (Å²) in [6.45, 7) is 3.69. The van der Waals surface area contributed by atoms with Crippen molar-refractivity contribution in [3.63, 3.8) is 0 Å². The van der Waals surface area contributed by atoms with Crippen molar-refractivity contribution in [1.82, 2.24) is 0 Å². The van der Waals surface area contributed by atoms with Gasteiger partial charge in [-0.15, -0.1) is 0 Å². The fourth-order valence-corrected chi connectivity index (χ4v) is 1.39. The van der Waals surface area contributed by atoms with Crippen molar-refractivity contribution >= 4 is 11.9 Å². The maximum atomic E-state index is 11.5. The molecule has 4 heteroatoms. The molecular weight excluding hydrogens is 280 g/mol. The molecule has 0 unspecified atom stereocenters. The van der Waals surface area contributed by atoms with Crippen molar-refractivity contribution in [2.75, 3.05) is 0 Å². The van der Waals surface area contributed by atoms with E-state index in [0.29, 0.717) is 11.5 Å². The van der Waals surface area contributed by atoms with Crippen LogP contribution in [0.2, 0.25) is 0 Å². The van der Waals surface area contributed by atoms with Gasteiger partial charge in [-0.25, -0.2) is 9.59 Å². The van der Waals surface area contributed by atoms with Crippen molar-refractivity contribution < 1.29 is 19.1 Å². The van der Waals surface area contributed by atoms with Gasteiger partial charge in [-0.2, -0.15) is 0 Å². The molecule has 0 aliphatic rings. The average molecular weight is 298 g/mol. The molecule has 0 bridgehead atoms. The predicted molar refractivity (Wildman–Crippen MR) is 85.6 cm³/mol. The maximum absolute atomic E-state index is 11.5. The Morgan fingerprint density at radius 2 is 1.27 bits per heavy atom. The molecule has 4 nitrogen and oxygen atoms in total. The lowest BCUT2D eigenvalue weighted by Crippen LogP contribution is -2.06. The number of ether oxygens (including phenoxy) is 2. The number of hydrogen-bond acceptors (Lipinski definition) is 4. The van der Waals surface area contributed by atoms with Gasteiger partial charge in [0.15, 0.2) is 0 Å². The summed E-state index contributed by atoms with van der Waals surface area (Å²) < 4.78 is 10.2. The van der Waals surface area contributed by atoms with E-state index < -0.39 is 11.9 Å². The summed E-state index contributed by atoms with van der Waals surface area (Å²) in [5.41, 5.74) is 0. The molecule has 0 atom stereocenters. The summed E-state index contributed by atoms with van der Waals surface area (Å²) in [6.07, 6.45) is 12.8. The van der Waals surface area contributed by atoms with Gasteiger partial charge in [0, 0.05) is 18.2 Å². The monoisotopic (exact) mass is 298 g/mol. The van der Waals surface area contributed by atoms with Gasteiger partial charge in [0.2, 0.25) is 0 Å². The minimum absolute atomic E-state index is 0.304. The van der Waals surface area contributed by atoms with E-state index in [1.165, 1.54) is 18.2 Å². The molecule has 0 saturated heterocycles. The zero-order valence-corrected chi connectivity index (χ0v) is 12.6. The van der Waals surface area contributed by atoms with Crippen molar-refractivity contribution in [3.8, 4) is 11.5 Å². The largest absolute Gasteiger partial charge is 0.423 e. The Bertz CT molecular complexity index is 570.